The van der Waals surface area contributed by atoms with E-state index in [9.17, 15) is 14.9 Å². The molecule has 1 unspecified atom stereocenters. The number of nitro benzene ring substituents is 1. The minimum atomic E-state index is -0.433. The summed E-state index contributed by atoms with van der Waals surface area (Å²) in [5.41, 5.74) is 1.57. The minimum absolute atomic E-state index is 0.0184. The second kappa shape index (κ2) is 7.08. The first-order valence-corrected chi connectivity index (χ1v) is 7.83. The molecule has 124 valence electrons. The molecule has 1 atom stereocenters. The lowest BCUT2D eigenvalue weighted by Crippen LogP contribution is -2.39. The molecule has 0 bridgehead atoms. The zero-order valence-corrected chi connectivity index (χ0v) is 13.1. The number of pyridine rings is 1. The summed E-state index contributed by atoms with van der Waals surface area (Å²) in [5.74, 6) is 0. The van der Waals surface area contributed by atoms with Crippen LogP contribution in [0.2, 0.25) is 0 Å². The Labute approximate surface area is 139 Å². The molecule has 0 saturated carbocycles. The van der Waals surface area contributed by atoms with E-state index < -0.39 is 4.92 Å². The number of nitrogens with zero attached hydrogens (tertiary/aromatic N) is 3. The average Bonchev–Trinajstić information content (AvgIpc) is 3.10. The Balaban J connectivity index is 1.68. The lowest BCUT2D eigenvalue weighted by Gasteiger charge is -2.25. The van der Waals surface area contributed by atoms with E-state index >= 15 is 0 Å². The first-order valence-electron chi connectivity index (χ1n) is 7.83. The van der Waals surface area contributed by atoms with Crippen molar-refractivity contribution >= 4 is 11.7 Å². The fraction of sp³-hybridized carbons (Fsp3) is 0.294. The Hall–Kier alpha value is -2.96. The van der Waals surface area contributed by atoms with Crippen LogP contribution in [0.1, 0.15) is 30.0 Å². The maximum Gasteiger partial charge on any atom is 0.318 e. The molecule has 7 nitrogen and oxygen atoms in total. The highest BCUT2D eigenvalue weighted by molar-refractivity contribution is 5.75. The molecule has 3 rings (SSSR count). The van der Waals surface area contributed by atoms with E-state index in [4.69, 9.17) is 0 Å². The SMILES string of the molecule is O=C(NCc1ccccc1[N+](=O)[O-])N1CCCC1c1ccncc1. The Morgan fingerprint density at radius 1 is 1.29 bits per heavy atom. The maximum absolute atomic E-state index is 12.5. The number of nitrogens with one attached hydrogen (secondary N) is 1. The van der Waals surface area contributed by atoms with Gasteiger partial charge in [0, 0.05) is 30.6 Å². The average molecular weight is 326 g/mol. The van der Waals surface area contributed by atoms with Gasteiger partial charge < -0.3 is 10.2 Å². The number of carbonyl (C=O) groups excluding carboxylic acids is 1. The molecule has 1 aliphatic heterocycles. The lowest BCUT2D eigenvalue weighted by atomic mass is 10.1. The van der Waals surface area contributed by atoms with Crippen molar-refractivity contribution in [1.82, 2.24) is 15.2 Å². The molecule has 1 aromatic carbocycles. The van der Waals surface area contributed by atoms with Gasteiger partial charge in [0.05, 0.1) is 17.5 Å². The van der Waals surface area contributed by atoms with Gasteiger partial charge in [0.15, 0.2) is 0 Å². The molecule has 0 radical (unpaired) electrons. The van der Waals surface area contributed by atoms with Crippen molar-refractivity contribution in [1.29, 1.82) is 0 Å². The van der Waals surface area contributed by atoms with Crippen LogP contribution in [0.5, 0.6) is 0 Å². The summed E-state index contributed by atoms with van der Waals surface area (Å²) in [6.45, 7) is 0.811. The summed E-state index contributed by atoms with van der Waals surface area (Å²) in [6, 6.07) is 10.1. The van der Waals surface area contributed by atoms with Crippen molar-refractivity contribution in [2.24, 2.45) is 0 Å². The molecule has 1 fully saturated rings. The Kier molecular flexibility index (Phi) is 4.69. The van der Waals surface area contributed by atoms with Gasteiger partial charge in [-0.3, -0.25) is 15.1 Å². The van der Waals surface area contributed by atoms with Crippen LogP contribution in [0, 0.1) is 10.1 Å². The summed E-state index contributed by atoms with van der Waals surface area (Å²) in [7, 11) is 0. The molecule has 0 spiro atoms. The zero-order chi connectivity index (χ0) is 16.9. The third-order valence-electron chi connectivity index (χ3n) is 4.22. The first kappa shape index (κ1) is 15.9. The molecular weight excluding hydrogens is 308 g/mol. The van der Waals surface area contributed by atoms with Gasteiger partial charge in [0.2, 0.25) is 0 Å². The highest BCUT2D eigenvalue weighted by atomic mass is 16.6. The van der Waals surface area contributed by atoms with Crippen molar-refractivity contribution in [2.45, 2.75) is 25.4 Å². The van der Waals surface area contributed by atoms with Crippen LogP contribution < -0.4 is 5.32 Å². The maximum atomic E-state index is 12.5. The van der Waals surface area contributed by atoms with E-state index in [1.165, 1.54) is 6.07 Å². The van der Waals surface area contributed by atoms with E-state index in [2.05, 4.69) is 10.3 Å². The molecule has 24 heavy (non-hydrogen) atoms. The number of hydrogen-bond acceptors (Lipinski definition) is 4. The molecule has 0 aliphatic carbocycles. The smallest absolute Gasteiger partial charge is 0.318 e. The van der Waals surface area contributed by atoms with E-state index in [0.717, 1.165) is 18.4 Å². The zero-order valence-electron chi connectivity index (χ0n) is 13.1. The van der Waals surface area contributed by atoms with Crippen molar-refractivity contribution in [2.75, 3.05) is 6.54 Å². The van der Waals surface area contributed by atoms with Gasteiger partial charge in [-0.2, -0.15) is 0 Å². The third kappa shape index (κ3) is 3.34. The molecule has 2 aromatic rings. The summed E-state index contributed by atoms with van der Waals surface area (Å²) in [5, 5.41) is 13.8. The molecule has 7 heteroatoms. The van der Waals surface area contributed by atoms with Crippen molar-refractivity contribution in [3.8, 4) is 0 Å². The van der Waals surface area contributed by atoms with Gasteiger partial charge in [0.25, 0.3) is 5.69 Å². The van der Waals surface area contributed by atoms with Crippen LogP contribution >= 0.6 is 0 Å². The lowest BCUT2D eigenvalue weighted by molar-refractivity contribution is -0.385. The van der Waals surface area contributed by atoms with E-state index in [1.807, 2.05) is 12.1 Å². The van der Waals surface area contributed by atoms with Crippen LogP contribution in [0.25, 0.3) is 0 Å². The first-order chi connectivity index (χ1) is 11.7. The van der Waals surface area contributed by atoms with Crippen LogP contribution in [0.15, 0.2) is 48.8 Å². The Morgan fingerprint density at radius 2 is 2.04 bits per heavy atom. The number of amides is 2. The largest absolute Gasteiger partial charge is 0.334 e. The van der Waals surface area contributed by atoms with Crippen LogP contribution in [0.3, 0.4) is 0 Å². The normalized spacial score (nSPS) is 16.8. The van der Waals surface area contributed by atoms with Crippen LogP contribution in [-0.2, 0) is 6.54 Å². The quantitative estimate of drug-likeness (QED) is 0.691. The number of benzene rings is 1. The fourth-order valence-electron chi connectivity index (χ4n) is 3.05. The standard InChI is InChI=1S/C17H18N4O3/c22-17(19-12-14-4-1-2-5-16(14)21(23)24)20-11-3-6-15(20)13-7-9-18-10-8-13/h1-2,4-5,7-10,15H,3,6,11-12H2,(H,19,22). The topological polar surface area (TPSA) is 88.4 Å². The van der Waals surface area contributed by atoms with Gasteiger partial charge in [-0.1, -0.05) is 18.2 Å². The van der Waals surface area contributed by atoms with E-state index in [1.54, 1.807) is 35.5 Å². The van der Waals surface area contributed by atoms with Gasteiger partial charge >= 0.3 is 6.03 Å². The van der Waals surface area contributed by atoms with Crippen molar-refractivity contribution < 1.29 is 9.72 Å². The Morgan fingerprint density at radius 3 is 2.79 bits per heavy atom. The number of likely N-dealkylation sites (tertiary alicyclic amines) is 1. The van der Waals surface area contributed by atoms with Gasteiger partial charge in [-0.15, -0.1) is 0 Å². The monoisotopic (exact) mass is 326 g/mol. The number of rotatable bonds is 4. The minimum Gasteiger partial charge on any atom is -0.334 e. The molecular formula is C17H18N4O3. The summed E-state index contributed by atoms with van der Waals surface area (Å²) in [6.07, 6.45) is 5.28. The van der Waals surface area contributed by atoms with Crippen molar-refractivity contribution in [3.05, 3.63) is 70.0 Å². The van der Waals surface area contributed by atoms with E-state index in [-0.39, 0.29) is 24.3 Å². The molecule has 2 amide bonds. The second-order valence-corrected chi connectivity index (χ2v) is 5.68. The summed E-state index contributed by atoms with van der Waals surface area (Å²) in [4.78, 5) is 28.9. The van der Waals surface area contributed by atoms with Gasteiger partial charge in [-0.05, 0) is 30.5 Å². The third-order valence-corrected chi connectivity index (χ3v) is 4.22. The fourth-order valence-corrected chi connectivity index (χ4v) is 3.05. The van der Waals surface area contributed by atoms with Gasteiger partial charge in [-0.25, -0.2) is 4.79 Å². The summed E-state index contributed by atoms with van der Waals surface area (Å²) < 4.78 is 0. The second-order valence-electron chi connectivity index (χ2n) is 5.68. The number of carbonyl (C=O) groups is 1. The molecule has 1 aromatic heterocycles. The number of aromatic nitrogens is 1. The number of hydrogen-bond donors (Lipinski definition) is 1. The molecule has 1 N–H and O–H groups in total. The highest BCUT2D eigenvalue weighted by Gasteiger charge is 2.30. The predicted molar refractivity (Wildman–Crippen MR) is 88.3 cm³/mol. The Bertz CT molecular complexity index is 736. The summed E-state index contributed by atoms with van der Waals surface area (Å²) >= 11 is 0. The van der Waals surface area contributed by atoms with Gasteiger partial charge in [0.1, 0.15) is 0 Å². The highest BCUT2D eigenvalue weighted by Crippen LogP contribution is 2.31. The van der Waals surface area contributed by atoms with Crippen LogP contribution in [0.4, 0.5) is 10.5 Å². The number of urea groups is 1. The number of para-hydroxylation sites is 1. The molecule has 1 saturated heterocycles. The molecule has 1 aliphatic rings. The number of nitro groups is 1. The van der Waals surface area contributed by atoms with E-state index in [0.29, 0.717) is 12.1 Å². The predicted octanol–water partition coefficient (Wildman–Crippen LogP) is 3.04. The van der Waals surface area contributed by atoms with Crippen LogP contribution in [-0.4, -0.2) is 27.4 Å². The van der Waals surface area contributed by atoms with Crippen molar-refractivity contribution in [3.63, 3.8) is 0 Å². The molecule has 2 heterocycles.